The van der Waals surface area contributed by atoms with E-state index in [1.165, 1.54) is 0 Å². The van der Waals surface area contributed by atoms with Gasteiger partial charge in [-0.3, -0.25) is 24.2 Å². The van der Waals surface area contributed by atoms with E-state index in [9.17, 15) is 19.2 Å². The van der Waals surface area contributed by atoms with Gasteiger partial charge in [0.25, 0.3) is 5.91 Å². The van der Waals surface area contributed by atoms with Gasteiger partial charge in [-0.2, -0.15) is 0 Å². The third-order valence-electron chi connectivity index (χ3n) is 7.88. The van der Waals surface area contributed by atoms with Gasteiger partial charge in [0.15, 0.2) is 5.96 Å². The summed E-state index contributed by atoms with van der Waals surface area (Å²) in [5, 5.41) is 6.68. The van der Waals surface area contributed by atoms with Crippen LogP contribution in [0.25, 0.3) is 10.9 Å². The first-order chi connectivity index (χ1) is 20.1. The van der Waals surface area contributed by atoms with Crippen LogP contribution in [0.3, 0.4) is 0 Å². The molecule has 0 spiro atoms. The number of fused-ring (bicyclic) bond motifs is 2. The van der Waals surface area contributed by atoms with E-state index in [2.05, 4.69) is 34.5 Å². The molecule has 7 N–H and O–H groups in total. The minimum Gasteiger partial charge on any atom is -0.461 e. The van der Waals surface area contributed by atoms with Crippen LogP contribution < -0.4 is 22.1 Å². The molecule has 42 heavy (non-hydrogen) atoms. The van der Waals surface area contributed by atoms with Crippen LogP contribution in [0.2, 0.25) is 0 Å². The summed E-state index contributed by atoms with van der Waals surface area (Å²) in [4.78, 5) is 63.3. The Hall–Kier alpha value is -4.09. The largest absolute Gasteiger partial charge is 0.461 e. The number of carbonyl (C=O) groups excluding carboxylic acids is 4. The molecule has 2 saturated heterocycles. The zero-order chi connectivity index (χ0) is 30.2. The van der Waals surface area contributed by atoms with Crippen LogP contribution in [0.4, 0.5) is 0 Å². The summed E-state index contributed by atoms with van der Waals surface area (Å²) < 4.78 is 5.86. The summed E-state index contributed by atoms with van der Waals surface area (Å²) in [7, 11) is 0. The number of amides is 3. The number of H-pyrrole nitrogens is 1. The van der Waals surface area contributed by atoms with Gasteiger partial charge in [-0.1, -0.05) is 38.5 Å². The third-order valence-corrected chi connectivity index (χ3v) is 7.88. The Bertz CT molecular complexity index is 1300. The van der Waals surface area contributed by atoms with Crippen molar-refractivity contribution < 1.29 is 23.9 Å². The van der Waals surface area contributed by atoms with Crippen LogP contribution in [0.15, 0.2) is 35.5 Å². The van der Waals surface area contributed by atoms with Crippen molar-refractivity contribution in [2.45, 2.75) is 83.5 Å². The van der Waals surface area contributed by atoms with E-state index in [0.717, 1.165) is 23.7 Å². The van der Waals surface area contributed by atoms with E-state index in [0.29, 0.717) is 43.7 Å². The van der Waals surface area contributed by atoms with Gasteiger partial charge in [0.05, 0.1) is 6.42 Å². The summed E-state index contributed by atoms with van der Waals surface area (Å²) in [6, 6.07) is 6.59. The molecule has 4 rings (SSSR count). The quantitative estimate of drug-likeness (QED) is 0.0987. The van der Waals surface area contributed by atoms with Crippen LogP contribution in [0, 0.1) is 11.8 Å². The summed E-state index contributed by atoms with van der Waals surface area (Å²) in [5.41, 5.74) is 12.3. The fourth-order valence-corrected chi connectivity index (χ4v) is 5.71. The topological polar surface area (TPSA) is 185 Å². The maximum Gasteiger partial charge on any atom is 0.318 e. The SMILES string of the molecule is CC(C)CCCC1CC(=O)NC(c2c[nH]c3ccccc23)C(=O)N2CCCC2NC(=O)C(CCCN=C(N)N)C(=O)O1. The lowest BCUT2D eigenvalue weighted by Crippen LogP contribution is -2.52. The van der Waals surface area contributed by atoms with E-state index in [1.54, 1.807) is 11.1 Å². The summed E-state index contributed by atoms with van der Waals surface area (Å²) >= 11 is 0. The zero-order valence-electron chi connectivity index (χ0n) is 24.4. The van der Waals surface area contributed by atoms with Gasteiger partial charge in [-0.15, -0.1) is 0 Å². The minimum atomic E-state index is -1.13. The second-order valence-corrected chi connectivity index (χ2v) is 11.6. The normalized spacial score (nSPS) is 23.8. The van der Waals surface area contributed by atoms with Gasteiger partial charge in [-0.05, 0) is 50.5 Å². The van der Waals surface area contributed by atoms with Crippen LogP contribution in [-0.4, -0.2) is 64.9 Å². The molecular weight excluding hydrogens is 538 g/mol. The number of cyclic esters (lactones) is 1. The first-order valence-corrected chi connectivity index (χ1v) is 14.9. The number of aromatic nitrogens is 1. The predicted molar refractivity (Wildman–Crippen MR) is 159 cm³/mol. The van der Waals surface area contributed by atoms with Gasteiger partial charge >= 0.3 is 5.97 Å². The number of carbonyl (C=O) groups is 4. The molecule has 2 fully saturated rings. The second-order valence-electron chi connectivity index (χ2n) is 11.6. The molecule has 12 nitrogen and oxygen atoms in total. The highest BCUT2D eigenvalue weighted by Crippen LogP contribution is 2.29. The number of rotatable bonds is 9. The van der Waals surface area contributed by atoms with Crippen molar-refractivity contribution in [1.82, 2.24) is 20.5 Å². The lowest BCUT2D eigenvalue weighted by Gasteiger charge is -2.30. The number of nitrogens with zero attached hydrogens (tertiary/aromatic N) is 2. The highest BCUT2D eigenvalue weighted by atomic mass is 16.5. The lowest BCUT2D eigenvalue weighted by molar-refractivity contribution is -0.159. The molecule has 2 aliphatic heterocycles. The van der Waals surface area contributed by atoms with Crippen LogP contribution in [0.1, 0.15) is 76.8 Å². The molecule has 2 aliphatic rings. The number of ether oxygens (including phenoxy) is 1. The summed E-state index contributed by atoms with van der Waals surface area (Å²) in [6.45, 7) is 4.86. The highest BCUT2D eigenvalue weighted by Gasteiger charge is 2.40. The second kappa shape index (κ2) is 14.2. The Kier molecular flexibility index (Phi) is 10.4. The lowest BCUT2D eigenvalue weighted by atomic mass is 10.00. The number of nitrogens with two attached hydrogens (primary N) is 2. The van der Waals surface area contributed by atoms with Crippen LogP contribution >= 0.6 is 0 Å². The van der Waals surface area contributed by atoms with E-state index in [-0.39, 0.29) is 31.3 Å². The average Bonchev–Trinajstić information content (AvgIpc) is 3.57. The molecule has 228 valence electrons. The number of aliphatic imine (C=N–C) groups is 1. The summed E-state index contributed by atoms with van der Waals surface area (Å²) in [5.74, 6) is -2.69. The molecule has 1 aromatic heterocycles. The number of guanidine groups is 1. The monoisotopic (exact) mass is 581 g/mol. The zero-order valence-corrected chi connectivity index (χ0v) is 24.4. The van der Waals surface area contributed by atoms with Crippen molar-refractivity contribution in [3.63, 3.8) is 0 Å². The molecule has 2 aromatic rings. The number of hydrogen-bond donors (Lipinski definition) is 5. The van der Waals surface area contributed by atoms with Gasteiger partial charge in [0.1, 0.15) is 24.2 Å². The Labute approximate surface area is 246 Å². The van der Waals surface area contributed by atoms with Crippen LogP contribution in [0.5, 0.6) is 0 Å². The number of benzene rings is 1. The fourth-order valence-electron chi connectivity index (χ4n) is 5.71. The number of aromatic amines is 1. The Morgan fingerprint density at radius 3 is 2.64 bits per heavy atom. The predicted octanol–water partition coefficient (Wildman–Crippen LogP) is 2.20. The van der Waals surface area contributed by atoms with Gasteiger partial charge < -0.3 is 36.7 Å². The van der Waals surface area contributed by atoms with Crippen LogP contribution in [-0.2, 0) is 23.9 Å². The molecular formula is C30H43N7O5. The number of hydrogen-bond acceptors (Lipinski definition) is 6. The van der Waals surface area contributed by atoms with Gasteiger partial charge in [0.2, 0.25) is 11.8 Å². The number of esters is 1. The molecule has 1 aromatic carbocycles. The van der Waals surface area contributed by atoms with Crippen molar-refractivity contribution in [3.8, 4) is 0 Å². The fraction of sp³-hybridized carbons (Fsp3) is 0.567. The van der Waals surface area contributed by atoms with E-state index in [1.807, 2.05) is 24.3 Å². The molecule has 0 saturated carbocycles. The number of nitrogens with one attached hydrogen (secondary N) is 3. The molecule has 4 unspecified atom stereocenters. The Morgan fingerprint density at radius 2 is 1.88 bits per heavy atom. The summed E-state index contributed by atoms with van der Waals surface area (Å²) in [6.07, 6.45) is 4.07. The smallest absolute Gasteiger partial charge is 0.318 e. The molecule has 3 heterocycles. The van der Waals surface area contributed by atoms with Crippen molar-refractivity contribution in [2.24, 2.45) is 28.3 Å². The molecule has 0 radical (unpaired) electrons. The minimum absolute atomic E-state index is 0.0712. The maximum absolute atomic E-state index is 14.1. The number of para-hydroxylation sites is 1. The first-order valence-electron chi connectivity index (χ1n) is 14.9. The van der Waals surface area contributed by atoms with Crippen molar-refractivity contribution in [1.29, 1.82) is 0 Å². The third kappa shape index (κ3) is 7.80. The first kappa shape index (κ1) is 30.9. The highest BCUT2D eigenvalue weighted by molar-refractivity contribution is 5.99. The van der Waals surface area contributed by atoms with Gasteiger partial charge in [-0.25, -0.2) is 0 Å². The van der Waals surface area contributed by atoms with Gasteiger partial charge in [0, 0.05) is 35.8 Å². The van der Waals surface area contributed by atoms with Crippen molar-refractivity contribution in [3.05, 3.63) is 36.0 Å². The molecule has 0 bridgehead atoms. The standard InChI is InChI=1S/C30H43N7O5/c1-18(2)8-5-9-19-16-25(38)36-26(22-17-34-23-12-4-3-10-20(22)23)28(40)37-15-7-13-24(37)35-27(39)21(29(41)42-19)11-6-14-33-30(31)32/h3-4,10,12,17-19,21,24,26,34H,5-9,11,13-16H2,1-2H3,(H,35,39)(H,36,38)(H4,31,32,33). The average molecular weight is 582 g/mol. The Morgan fingerprint density at radius 1 is 1.10 bits per heavy atom. The van der Waals surface area contributed by atoms with Crippen molar-refractivity contribution in [2.75, 3.05) is 13.1 Å². The van der Waals surface area contributed by atoms with E-state index >= 15 is 0 Å². The molecule has 3 amide bonds. The molecule has 4 atom stereocenters. The van der Waals surface area contributed by atoms with Crippen molar-refractivity contribution >= 4 is 40.6 Å². The maximum atomic E-state index is 14.1. The van der Waals surface area contributed by atoms with E-state index < -0.39 is 42.0 Å². The van der Waals surface area contributed by atoms with E-state index in [4.69, 9.17) is 16.2 Å². The molecule has 0 aliphatic carbocycles. The molecule has 12 heteroatoms. The Balaban J connectivity index is 1.66.